The average Bonchev–Trinajstić information content (AvgIpc) is 3.23. The number of benzene rings is 1. The Morgan fingerprint density at radius 1 is 1.27 bits per heavy atom. The molecule has 1 aromatic carbocycles. The van der Waals surface area contributed by atoms with Crippen LogP contribution in [0.4, 0.5) is 5.82 Å². The van der Waals surface area contributed by atoms with E-state index in [-0.39, 0.29) is 16.5 Å². The van der Waals surface area contributed by atoms with Crippen LogP contribution in [-0.4, -0.2) is 56.7 Å². The lowest BCUT2D eigenvalue weighted by molar-refractivity contribution is -0.118. The second-order valence-corrected chi connectivity index (χ2v) is 11.8. The van der Waals surface area contributed by atoms with Crippen molar-refractivity contribution in [1.29, 1.82) is 0 Å². The first-order chi connectivity index (χ1) is 14.0. The molecule has 30 heavy (non-hydrogen) atoms. The van der Waals surface area contributed by atoms with Crippen LogP contribution in [-0.2, 0) is 30.9 Å². The summed E-state index contributed by atoms with van der Waals surface area (Å²) < 4.78 is 55.7. The SMILES string of the molecule is CCc1ccc(S(=O)(=O)[C@H]2CS(=O)(=O)C[C@@H]2N[C@@H](C)C(=O)Nc2cc(C)on2)cc1. The van der Waals surface area contributed by atoms with Crippen molar-refractivity contribution in [2.24, 2.45) is 0 Å². The molecule has 0 unspecified atom stereocenters. The minimum Gasteiger partial charge on any atom is -0.360 e. The number of hydrogen-bond acceptors (Lipinski definition) is 8. The van der Waals surface area contributed by atoms with Gasteiger partial charge < -0.3 is 15.2 Å². The molecule has 2 N–H and O–H groups in total. The van der Waals surface area contributed by atoms with E-state index in [4.69, 9.17) is 4.52 Å². The Kier molecular flexibility index (Phi) is 6.34. The molecule has 164 valence electrons. The molecule has 0 bridgehead atoms. The summed E-state index contributed by atoms with van der Waals surface area (Å²) in [7, 11) is -7.49. The highest BCUT2D eigenvalue weighted by molar-refractivity contribution is 7.96. The Bertz CT molecular complexity index is 1120. The van der Waals surface area contributed by atoms with Gasteiger partial charge in [-0.25, -0.2) is 16.8 Å². The maximum Gasteiger partial charge on any atom is 0.242 e. The number of amides is 1. The van der Waals surface area contributed by atoms with E-state index in [0.717, 1.165) is 12.0 Å². The highest BCUT2D eigenvalue weighted by Crippen LogP contribution is 2.26. The molecular formula is C19H25N3O6S2. The van der Waals surface area contributed by atoms with Gasteiger partial charge in [-0.3, -0.25) is 4.79 Å². The Labute approximate surface area is 176 Å². The summed E-state index contributed by atoms with van der Waals surface area (Å²) in [4.78, 5) is 12.5. The molecule has 1 saturated heterocycles. The lowest BCUT2D eigenvalue weighted by atomic mass is 10.2. The molecule has 2 heterocycles. The van der Waals surface area contributed by atoms with Gasteiger partial charge in [0.05, 0.1) is 27.7 Å². The number of carbonyl (C=O) groups excluding carboxylic acids is 1. The number of carbonyl (C=O) groups is 1. The average molecular weight is 456 g/mol. The number of hydrogen-bond donors (Lipinski definition) is 2. The Hall–Kier alpha value is -2.24. The molecule has 1 fully saturated rings. The van der Waals surface area contributed by atoms with Crippen LogP contribution in [0, 0.1) is 6.92 Å². The third-order valence-electron chi connectivity index (χ3n) is 5.10. The van der Waals surface area contributed by atoms with Gasteiger partial charge in [-0.1, -0.05) is 24.2 Å². The topological polar surface area (TPSA) is 135 Å². The largest absolute Gasteiger partial charge is 0.360 e. The maximum atomic E-state index is 13.1. The van der Waals surface area contributed by atoms with E-state index in [2.05, 4.69) is 15.8 Å². The molecule has 0 aliphatic carbocycles. The highest BCUT2D eigenvalue weighted by Gasteiger charge is 2.46. The molecular weight excluding hydrogens is 430 g/mol. The monoisotopic (exact) mass is 455 g/mol. The Morgan fingerprint density at radius 2 is 1.93 bits per heavy atom. The molecule has 2 aromatic rings. The van der Waals surface area contributed by atoms with Gasteiger partial charge in [-0.05, 0) is 38.0 Å². The van der Waals surface area contributed by atoms with Crippen LogP contribution in [0.1, 0.15) is 25.2 Å². The van der Waals surface area contributed by atoms with Crippen molar-refractivity contribution < 1.29 is 26.2 Å². The summed E-state index contributed by atoms with van der Waals surface area (Å²) in [5, 5.41) is 7.92. The van der Waals surface area contributed by atoms with Crippen molar-refractivity contribution in [1.82, 2.24) is 10.5 Å². The van der Waals surface area contributed by atoms with E-state index in [1.165, 1.54) is 25.1 Å². The van der Waals surface area contributed by atoms with Crippen LogP contribution in [0.15, 0.2) is 39.8 Å². The number of aryl methyl sites for hydroxylation is 2. The van der Waals surface area contributed by atoms with Gasteiger partial charge in [0.15, 0.2) is 25.5 Å². The molecule has 1 aromatic heterocycles. The van der Waals surface area contributed by atoms with Gasteiger partial charge in [0.25, 0.3) is 0 Å². The van der Waals surface area contributed by atoms with Crippen LogP contribution in [0.3, 0.4) is 0 Å². The van der Waals surface area contributed by atoms with Crippen molar-refractivity contribution >= 4 is 31.4 Å². The van der Waals surface area contributed by atoms with Crippen LogP contribution in [0.25, 0.3) is 0 Å². The Morgan fingerprint density at radius 3 is 2.50 bits per heavy atom. The zero-order chi connectivity index (χ0) is 22.1. The summed E-state index contributed by atoms with van der Waals surface area (Å²) in [5.41, 5.74) is 0.982. The predicted octanol–water partition coefficient (Wildman–Crippen LogP) is 1.10. The molecule has 0 spiro atoms. The van der Waals surface area contributed by atoms with Crippen molar-refractivity contribution in [3.8, 4) is 0 Å². The lowest BCUT2D eigenvalue weighted by Gasteiger charge is -2.23. The number of sulfone groups is 2. The standard InChI is InChI=1S/C19H25N3O6S2/c1-4-14-5-7-15(8-6-14)30(26,27)17-11-29(24,25)10-16(17)20-13(3)19(23)21-18-9-12(2)28-22-18/h5-9,13,16-17,20H,4,10-11H2,1-3H3,(H,21,22,23)/t13-,16-,17-/m0/s1. The van der Waals surface area contributed by atoms with Gasteiger partial charge in [0.1, 0.15) is 5.76 Å². The summed E-state index contributed by atoms with van der Waals surface area (Å²) >= 11 is 0. The fourth-order valence-electron chi connectivity index (χ4n) is 3.42. The van der Waals surface area contributed by atoms with Crippen molar-refractivity contribution in [2.75, 3.05) is 16.8 Å². The number of aromatic nitrogens is 1. The van der Waals surface area contributed by atoms with Crippen molar-refractivity contribution in [3.05, 3.63) is 41.7 Å². The first-order valence-electron chi connectivity index (χ1n) is 9.55. The van der Waals surface area contributed by atoms with Gasteiger partial charge >= 0.3 is 0 Å². The smallest absolute Gasteiger partial charge is 0.242 e. The Balaban J connectivity index is 1.78. The van der Waals surface area contributed by atoms with Crippen LogP contribution < -0.4 is 10.6 Å². The summed E-state index contributed by atoms with van der Waals surface area (Å²) in [5.74, 6) is -0.571. The highest BCUT2D eigenvalue weighted by atomic mass is 32.2. The normalized spacial score (nSPS) is 22.0. The zero-order valence-electron chi connectivity index (χ0n) is 17.0. The molecule has 3 rings (SSSR count). The zero-order valence-corrected chi connectivity index (χ0v) is 18.6. The van der Waals surface area contributed by atoms with E-state index in [1.54, 1.807) is 19.1 Å². The molecule has 11 heteroatoms. The molecule has 1 aliphatic rings. The van der Waals surface area contributed by atoms with E-state index in [9.17, 15) is 21.6 Å². The van der Waals surface area contributed by atoms with Crippen molar-refractivity contribution in [3.63, 3.8) is 0 Å². The summed E-state index contributed by atoms with van der Waals surface area (Å²) in [6.45, 7) is 5.17. The number of rotatable bonds is 7. The van der Waals surface area contributed by atoms with Crippen LogP contribution in [0.2, 0.25) is 0 Å². The fraction of sp³-hybridized carbons (Fsp3) is 0.474. The molecule has 0 saturated carbocycles. The first kappa shape index (κ1) is 22.4. The van der Waals surface area contributed by atoms with E-state index in [0.29, 0.717) is 5.76 Å². The summed E-state index contributed by atoms with van der Waals surface area (Å²) in [6.07, 6.45) is 0.764. The minimum atomic E-state index is -3.91. The van der Waals surface area contributed by atoms with E-state index >= 15 is 0 Å². The van der Waals surface area contributed by atoms with Gasteiger partial charge in [0, 0.05) is 12.1 Å². The number of nitrogens with one attached hydrogen (secondary N) is 2. The number of nitrogens with zero attached hydrogens (tertiary/aromatic N) is 1. The van der Waals surface area contributed by atoms with Crippen LogP contribution >= 0.6 is 0 Å². The lowest BCUT2D eigenvalue weighted by Crippen LogP contribution is -2.50. The molecule has 9 nitrogen and oxygen atoms in total. The molecule has 1 amide bonds. The fourth-order valence-corrected chi connectivity index (χ4v) is 8.10. The molecule has 3 atom stereocenters. The van der Waals surface area contributed by atoms with Gasteiger partial charge in [-0.2, -0.15) is 0 Å². The van der Waals surface area contributed by atoms with Gasteiger partial charge in [0.2, 0.25) is 5.91 Å². The van der Waals surface area contributed by atoms with E-state index in [1.807, 2.05) is 6.92 Å². The third kappa shape index (κ3) is 4.90. The summed E-state index contributed by atoms with van der Waals surface area (Å²) in [6, 6.07) is 6.21. The van der Waals surface area contributed by atoms with E-state index < -0.39 is 48.7 Å². The molecule has 1 aliphatic heterocycles. The maximum absolute atomic E-state index is 13.1. The number of anilines is 1. The second-order valence-electron chi connectivity index (χ2n) is 7.46. The predicted molar refractivity (Wildman–Crippen MR) is 112 cm³/mol. The van der Waals surface area contributed by atoms with Gasteiger partial charge in [-0.15, -0.1) is 0 Å². The van der Waals surface area contributed by atoms with Crippen molar-refractivity contribution in [2.45, 2.75) is 49.4 Å². The van der Waals surface area contributed by atoms with Crippen LogP contribution in [0.5, 0.6) is 0 Å². The second kappa shape index (κ2) is 8.48. The quantitative estimate of drug-likeness (QED) is 0.634. The molecule has 0 radical (unpaired) electrons. The third-order valence-corrected chi connectivity index (χ3v) is 9.26. The first-order valence-corrected chi connectivity index (χ1v) is 12.9. The minimum absolute atomic E-state index is 0.0729.